The van der Waals surface area contributed by atoms with Crippen LogP contribution in [0.4, 0.5) is 0 Å². The molecule has 35 nitrogen and oxygen atoms in total. The van der Waals surface area contributed by atoms with Gasteiger partial charge in [0, 0.05) is 0 Å². The van der Waals surface area contributed by atoms with Crippen LogP contribution < -0.4 is 109 Å². The first kappa shape index (κ1) is 87.3. The van der Waals surface area contributed by atoms with E-state index < -0.39 is 167 Å². The van der Waals surface area contributed by atoms with Crippen LogP contribution in [0.15, 0.2) is 0 Å². The van der Waals surface area contributed by atoms with Crippen molar-refractivity contribution in [1.82, 2.24) is 69.1 Å². The lowest BCUT2D eigenvalue weighted by molar-refractivity contribution is -0.141. The lowest BCUT2D eigenvalue weighted by Gasteiger charge is -2.26. The summed E-state index contributed by atoms with van der Waals surface area (Å²) in [6.45, 7) is 12.4. The number of carbonyl (C=O) groups is 14. The number of carboxylic acid groups (broad SMARTS) is 1. The Morgan fingerprint density at radius 2 is 0.389 bits per heavy atom. The Bertz CT molecular complexity index is 2460. The molecule has 0 saturated carbocycles. The Hall–Kier alpha value is -7.70. The lowest BCUT2D eigenvalue weighted by Crippen LogP contribution is -2.59. The van der Waals surface area contributed by atoms with Crippen LogP contribution in [0.5, 0.6) is 0 Å². The van der Waals surface area contributed by atoms with Crippen LogP contribution in [0.2, 0.25) is 0 Å². The minimum Gasteiger partial charge on any atom is -0.480 e. The maximum absolute atomic E-state index is 13.9. The molecule has 0 aliphatic rings. The van der Waals surface area contributed by atoms with Crippen LogP contribution in [-0.2, 0) is 67.1 Å². The number of hydrogen-bond donors (Lipinski definition) is 21. The van der Waals surface area contributed by atoms with Crippen molar-refractivity contribution in [2.24, 2.45) is 40.1 Å². The van der Waals surface area contributed by atoms with Crippen LogP contribution in [0.3, 0.4) is 0 Å². The largest absolute Gasteiger partial charge is 0.480 e. The fourth-order valence-electron chi connectivity index (χ4n) is 9.02. The first-order valence-corrected chi connectivity index (χ1v) is 33.0. The molecule has 0 saturated heterocycles. The van der Waals surface area contributed by atoms with Crippen LogP contribution in [0.25, 0.3) is 0 Å². The summed E-state index contributed by atoms with van der Waals surface area (Å²) in [6, 6.07) is -17.0. The predicted octanol–water partition coefficient (Wildman–Crippen LogP) is -6.37. The topological polar surface area (TPSA) is 598 Å². The van der Waals surface area contributed by atoms with Crippen LogP contribution in [0, 0.1) is 0 Å². The molecule has 13 amide bonds. The third-order valence-corrected chi connectivity index (χ3v) is 15.2. The van der Waals surface area contributed by atoms with E-state index in [1.807, 2.05) is 0 Å². The van der Waals surface area contributed by atoms with Gasteiger partial charge in [-0.25, -0.2) is 0 Å². The molecule has 35 heteroatoms. The Balaban J connectivity index is 6.09. The summed E-state index contributed by atoms with van der Waals surface area (Å²) in [5.74, 6) is -11.3. The second-order valence-corrected chi connectivity index (χ2v) is 23.8. The highest BCUT2D eigenvalue weighted by Crippen LogP contribution is 2.10. The second-order valence-electron chi connectivity index (χ2n) is 23.8. The van der Waals surface area contributed by atoms with Gasteiger partial charge in [0.25, 0.3) is 0 Å². The van der Waals surface area contributed by atoms with E-state index in [2.05, 4.69) is 69.1 Å². The number of nitrogens with one attached hydrogen (secondary N) is 13. The SMILES string of the molecule is C[C@H](NC(=O)[C@H](C)NC(=O)[C@H](CCCCN)NC(=O)[C@H](CCCCN)NC(=O)[C@H](C)NC(=O)[C@H](C)NC(=O)[C@H](CCCCN)NC(=O)[C@H](C)NC(=O)[C@H](C)NC(=O)[C@H](CCCCN)NC(=O)[C@H](CCCCN)NC(=O)[C@H](C)NC(=O)[C@H](C)NC(=O)[C@@H](N)CCCCN)C(=O)O. The van der Waals surface area contributed by atoms with Gasteiger partial charge >= 0.3 is 5.97 Å². The number of amides is 13. The molecule has 0 aromatic carbocycles. The van der Waals surface area contributed by atoms with E-state index in [9.17, 15) is 72.2 Å². The Kier molecular flexibility index (Phi) is 45.0. The van der Waals surface area contributed by atoms with Crippen molar-refractivity contribution in [3.8, 4) is 0 Å². The highest BCUT2D eigenvalue weighted by Gasteiger charge is 2.34. The molecular formula is C60H114N20O15. The number of hydrogen-bond acceptors (Lipinski definition) is 21. The molecule has 0 bridgehead atoms. The Morgan fingerprint density at radius 1 is 0.232 bits per heavy atom. The van der Waals surface area contributed by atoms with Crippen LogP contribution in [0.1, 0.15) is 171 Å². The van der Waals surface area contributed by atoms with E-state index in [1.165, 1.54) is 55.4 Å². The highest BCUT2D eigenvalue weighted by molar-refractivity contribution is 5.99. The number of unbranched alkanes of at least 4 members (excludes halogenated alkanes) is 6. The highest BCUT2D eigenvalue weighted by atomic mass is 16.4. The van der Waals surface area contributed by atoms with Crippen molar-refractivity contribution in [1.29, 1.82) is 0 Å². The van der Waals surface area contributed by atoms with Gasteiger partial charge in [-0.15, -0.1) is 0 Å². The van der Waals surface area contributed by atoms with E-state index in [4.69, 9.17) is 40.1 Å². The molecule has 0 aromatic heterocycles. The molecule has 0 unspecified atom stereocenters. The zero-order valence-electron chi connectivity index (χ0n) is 56.8. The first-order chi connectivity index (χ1) is 44.8. The predicted molar refractivity (Wildman–Crippen MR) is 354 cm³/mol. The maximum atomic E-state index is 13.9. The average molecular weight is 1360 g/mol. The molecule has 0 fully saturated rings. The zero-order chi connectivity index (χ0) is 72.3. The molecule has 0 heterocycles. The fourth-order valence-corrected chi connectivity index (χ4v) is 9.02. The molecule has 0 aliphatic heterocycles. The van der Waals surface area contributed by atoms with E-state index in [-0.39, 0.29) is 64.8 Å². The van der Waals surface area contributed by atoms with E-state index in [1.54, 1.807) is 0 Å². The summed E-state index contributed by atoms with van der Waals surface area (Å²) in [5.41, 5.74) is 40.0. The lowest BCUT2D eigenvalue weighted by atomic mass is 10.0. The van der Waals surface area contributed by atoms with E-state index in [0.29, 0.717) is 90.0 Å². The molecule has 0 spiro atoms. The van der Waals surface area contributed by atoms with Gasteiger partial charge in [-0.2, -0.15) is 0 Å². The Morgan fingerprint density at radius 3 is 0.600 bits per heavy atom. The second kappa shape index (κ2) is 48.9. The van der Waals surface area contributed by atoms with Gasteiger partial charge < -0.3 is 114 Å². The average Bonchev–Trinajstić information content (AvgIpc) is 1.37. The standard InChI is InChI=1S/C60H114N20O15/c1-33(71-54(88)41(67)21-9-15-27-61)47(81)68-38(6)52(86)77-45(25-13-19-31-65)58(92)79-43(23-11-17-29-63)56(90)73-35(3)49(83)69-37(5)51(85)76-42(22-10-16-28-62)55(89)72-34(2)48(82)70-39(7)53(87)78-46(26-14-20-32-66)59(93)80-44(24-12-18-30-64)57(91)74-36(4)50(84)75-40(8)60(94)95/h33-46H,9-32,61-67H2,1-8H3,(H,68,81)(H,69,83)(H,70,82)(H,71,88)(H,72,89)(H,73,90)(H,74,91)(H,75,84)(H,76,85)(H,77,86)(H,78,87)(H,79,92)(H,80,93)(H,94,95)/t33-,34-,35-,36-,37-,38-,39-,40-,41-,42-,43-,44-,45-,46-/m0/s1. The van der Waals surface area contributed by atoms with E-state index in [0.717, 1.165) is 0 Å². The molecular weight excluding hydrogens is 1240 g/mol. The molecule has 544 valence electrons. The van der Waals surface area contributed by atoms with Gasteiger partial charge in [-0.1, -0.05) is 6.42 Å². The number of rotatable bonds is 51. The minimum absolute atomic E-state index is 0.0376. The number of carboxylic acids is 1. The van der Waals surface area contributed by atoms with Crippen molar-refractivity contribution < 1.29 is 72.2 Å². The molecule has 95 heavy (non-hydrogen) atoms. The molecule has 0 aliphatic carbocycles. The Labute approximate surface area is 557 Å². The third-order valence-electron chi connectivity index (χ3n) is 15.2. The van der Waals surface area contributed by atoms with Gasteiger partial charge in [0.15, 0.2) is 0 Å². The molecule has 0 radical (unpaired) electrons. The molecule has 14 atom stereocenters. The minimum atomic E-state index is -1.31. The third kappa shape index (κ3) is 36.1. The van der Waals surface area contributed by atoms with Gasteiger partial charge in [-0.05, 0) is 204 Å². The van der Waals surface area contributed by atoms with Crippen molar-refractivity contribution in [2.45, 2.75) is 256 Å². The van der Waals surface area contributed by atoms with Gasteiger partial charge in [0.1, 0.15) is 78.5 Å². The van der Waals surface area contributed by atoms with Crippen LogP contribution >= 0.6 is 0 Å². The van der Waals surface area contributed by atoms with Gasteiger partial charge in [-0.3, -0.25) is 67.1 Å². The number of carbonyl (C=O) groups excluding carboxylic acids is 13. The normalized spacial score (nSPS) is 15.5. The monoisotopic (exact) mass is 1350 g/mol. The summed E-state index contributed by atoms with van der Waals surface area (Å²) in [5, 5.41) is 42.1. The molecule has 0 aromatic rings. The molecule has 28 N–H and O–H groups in total. The smallest absolute Gasteiger partial charge is 0.325 e. The zero-order valence-corrected chi connectivity index (χ0v) is 56.8. The van der Waals surface area contributed by atoms with Crippen molar-refractivity contribution in [2.75, 3.05) is 39.3 Å². The van der Waals surface area contributed by atoms with Crippen molar-refractivity contribution in [3.05, 3.63) is 0 Å². The number of nitrogens with two attached hydrogens (primary N) is 7. The summed E-state index contributed by atoms with van der Waals surface area (Å²) in [6.07, 6.45) is 6.15. The van der Waals surface area contributed by atoms with Crippen molar-refractivity contribution >= 4 is 82.8 Å². The quantitative estimate of drug-likeness (QED) is 0.0252. The summed E-state index contributed by atoms with van der Waals surface area (Å²) in [4.78, 5) is 186. The van der Waals surface area contributed by atoms with E-state index >= 15 is 0 Å². The maximum Gasteiger partial charge on any atom is 0.325 e. The van der Waals surface area contributed by atoms with Gasteiger partial charge in [0.05, 0.1) is 6.04 Å². The summed E-state index contributed by atoms with van der Waals surface area (Å²) in [7, 11) is 0. The fraction of sp³-hybridized carbons (Fsp3) is 0.767. The first-order valence-electron chi connectivity index (χ1n) is 33.0. The van der Waals surface area contributed by atoms with Crippen LogP contribution in [-0.4, -0.2) is 212 Å². The summed E-state index contributed by atoms with van der Waals surface area (Å²) >= 11 is 0. The van der Waals surface area contributed by atoms with Crippen molar-refractivity contribution in [3.63, 3.8) is 0 Å². The van der Waals surface area contributed by atoms with Gasteiger partial charge in [0.2, 0.25) is 76.8 Å². The summed E-state index contributed by atoms with van der Waals surface area (Å²) < 4.78 is 0. The number of aliphatic carboxylic acids is 1. The molecule has 0 rings (SSSR count).